The number of rotatable bonds is 5. The van der Waals surface area contributed by atoms with Gasteiger partial charge in [-0.2, -0.15) is 0 Å². The Labute approximate surface area is 220 Å². The highest BCUT2D eigenvalue weighted by Gasteiger charge is 2.63. The van der Waals surface area contributed by atoms with Crippen LogP contribution in [0.4, 0.5) is 5.69 Å². The first-order valence-corrected chi connectivity index (χ1v) is 16.5. The van der Waals surface area contributed by atoms with E-state index in [1.54, 1.807) is 82.6 Å². The van der Waals surface area contributed by atoms with Gasteiger partial charge in [-0.1, -0.05) is 44.3 Å². The molecule has 0 unspecified atom stereocenters. The van der Waals surface area contributed by atoms with E-state index in [-0.39, 0.29) is 7.92 Å². The fourth-order valence-corrected chi connectivity index (χ4v) is 16.9. The number of anilines is 1. The highest BCUT2D eigenvalue weighted by Crippen LogP contribution is 2.78. The van der Waals surface area contributed by atoms with Gasteiger partial charge in [0, 0.05) is 19.8 Å². The molecular formula is C34H44NP. The molecule has 8 aliphatic carbocycles. The quantitative estimate of drug-likeness (QED) is 0.375. The van der Waals surface area contributed by atoms with Crippen molar-refractivity contribution in [1.82, 2.24) is 0 Å². The summed E-state index contributed by atoms with van der Waals surface area (Å²) in [5.74, 6) is 6.26. The van der Waals surface area contributed by atoms with Crippen molar-refractivity contribution in [1.29, 1.82) is 0 Å². The van der Waals surface area contributed by atoms with E-state index >= 15 is 0 Å². The van der Waals surface area contributed by atoms with Crippen molar-refractivity contribution in [2.45, 2.75) is 87.4 Å². The van der Waals surface area contributed by atoms with Gasteiger partial charge in [-0.15, -0.1) is 0 Å². The van der Waals surface area contributed by atoms with Crippen molar-refractivity contribution < 1.29 is 0 Å². The van der Waals surface area contributed by atoms with E-state index in [0.717, 1.165) is 35.5 Å². The van der Waals surface area contributed by atoms with Crippen LogP contribution in [0.3, 0.4) is 0 Å². The molecule has 1 nitrogen and oxygen atoms in total. The third kappa shape index (κ3) is 3.43. The molecule has 10 rings (SSSR count). The van der Waals surface area contributed by atoms with Crippen molar-refractivity contribution in [3.63, 3.8) is 0 Å². The topological polar surface area (TPSA) is 3.24 Å². The van der Waals surface area contributed by atoms with Crippen LogP contribution in [0.1, 0.15) is 77.0 Å². The normalized spacial score (nSPS) is 42.6. The first-order valence-electron chi connectivity index (χ1n) is 15.2. The molecule has 0 atom stereocenters. The largest absolute Gasteiger partial charge is 0.378 e. The Balaban J connectivity index is 1.29. The minimum atomic E-state index is -0.179. The second kappa shape index (κ2) is 8.09. The molecule has 0 heterocycles. The summed E-state index contributed by atoms with van der Waals surface area (Å²) in [6.45, 7) is 0. The number of nitrogens with zero attached hydrogens (tertiary/aromatic N) is 1. The van der Waals surface area contributed by atoms with E-state index in [2.05, 4.69) is 67.5 Å². The summed E-state index contributed by atoms with van der Waals surface area (Å²) in [4.78, 5) is 2.23. The Bertz CT molecular complexity index is 1030. The van der Waals surface area contributed by atoms with Crippen LogP contribution in [0.5, 0.6) is 0 Å². The molecule has 8 aliphatic rings. The van der Waals surface area contributed by atoms with Crippen molar-refractivity contribution in [3.8, 4) is 11.1 Å². The van der Waals surface area contributed by atoms with Gasteiger partial charge in [0.05, 0.1) is 0 Å². The summed E-state index contributed by atoms with van der Waals surface area (Å²) < 4.78 is 0. The second-order valence-corrected chi connectivity index (χ2v) is 17.6. The second-order valence-electron chi connectivity index (χ2n) is 14.6. The zero-order valence-corrected chi connectivity index (χ0v) is 23.4. The third-order valence-corrected chi connectivity index (χ3v) is 15.7. The highest BCUT2D eigenvalue weighted by atomic mass is 31.1. The van der Waals surface area contributed by atoms with E-state index in [0.29, 0.717) is 10.3 Å². The van der Waals surface area contributed by atoms with Crippen LogP contribution in [0.2, 0.25) is 0 Å². The van der Waals surface area contributed by atoms with Crippen LogP contribution in [-0.4, -0.2) is 24.4 Å². The number of hydrogen-bond acceptors (Lipinski definition) is 1. The number of benzene rings is 2. The van der Waals surface area contributed by atoms with Gasteiger partial charge in [0.15, 0.2) is 0 Å². The number of hydrogen-bond donors (Lipinski definition) is 0. The molecule has 8 bridgehead atoms. The first-order chi connectivity index (χ1) is 17.5. The lowest BCUT2D eigenvalue weighted by Crippen LogP contribution is -2.58. The molecule has 2 heteroatoms. The fourth-order valence-electron chi connectivity index (χ4n) is 11.5. The lowest BCUT2D eigenvalue weighted by Gasteiger charge is -2.67. The fraction of sp³-hybridized carbons (Fsp3) is 0.647. The van der Waals surface area contributed by atoms with Gasteiger partial charge >= 0.3 is 0 Å². The first kappa shape index (κ1) is 22.6. The Morgan fingerprint density at radius 3 is 1.42 bits per heavy atom. The van der Waals surface area contributed by atoms with E-state index in [9.17, 15) is 0 Å². The molecule has 2 aromatic carbocycles. The van der Waals surface area contributed by atoms with Crippen LogP contribution in [0, 0.1) is 35.5 Å². The van der Waals surface area contributed by atoms with Crippen molar-refractivity contribution >= 4 is 18.9 Å². The predicted molar refractivity (Wildman–Crippen MR) is 155 cm³/mol. The van der Waals surface area contributed by atoms with Crippen molar-refractivity contribution in [3.05, 3.63) is 48.5 Å². The smallest absolute Gasteiger partial charge is 0.0361 e. The van der Waals surface area contributed by atoms with Gasteiger partial charge in [-0.05, 0) is 151 Å². The molecule has 190 valence electrons. The lowest BCUT2D eigenvalue weighted by molar-refractivity contribution is 0.0195. The highest BCUT2D eigenvalue weighted by molar-refractivity contribution is 7.69. The maximum atomic E-state index is 2.64. The molecule has 0 amide bonds. The Kier molecular flexibility index (Phi) is 5.08. The standard InChI is InChI=1S/C34H44NP/c1-35(2)30-9-7-29(8-10-30)31-5-3-4-6-32(31)36(33-17-23-11-24(18-33)13-25(12-23)19-33)34-20-26-14-27(21-34)16-28(15-26)22-34/h3-10,23-28H,11-22H2,1-2H3. The van der Waals surface area contributed by atoms with Crippen molar-refractivity contribution in [2.24, 2.45) is 35.5 Å². The molecule has 8 saturated carbocycles. The molecule has 0 saturated heterocycles. The van der Waals surface area contributed by atoms with Gasteiger partial charge in [-0.3, -0.25) is 0 Å². The van der Waals surface area contributed by atoms with Gasteiger partial charge < -0.3 is 4.90 Å². The molecule has 0 aliphatic heterocycles. The maximum absolute atomic E-state index is 2.64. The summed E-state index contributed by atoms with van der Waals surface area (Å²) in [6, 6.07) is 19.4. The Morgan fingerprint density at radius 1 is 0.583 bits per heavy atom. The molecule has 0 N–H and O–H groups in total. The molecule has 2 aromatic rings. The van der Waals surface area contributed by atoms with Crippen LogP contribution < -0.4 is 10.2 Å². The maximum Gasteiger partial charge on any atom is 0.0361 e. The monoisotopic (exact) mass is 497 g/mol. The summed E-state index contributed by atoms with van der Waals surface area (Å²) in [5, 5.41) is 3.08. The van der Waals surface area contributed by atoms with Crippen LogP contribution >= 0.6 is 7.92 Å². The average Bonchev–Trinajstić information content (AvgIpc) is 2.82. The molecule has 0 spiro atoms. The summed E-state index contributed by atoms with van der Waals surface area (Å²) in [7, 11) is 4.13. The van der Waals surface area contributed by atoms with Crippen LogP contribution in [0.25, 0.3) is 11.1 Å². The van der Waals surface area contributed by atoms with E-state index in [4.69, 9.17) is 0 Å². The van der Waals surface area contributed by atoms with E-state index in [1.165, 1.54) is 11.3 Å². The molecule has 36 heavy (non-hydrogen) atoms. The lowest BCUT2D eigenvalue weighted by atomic mass is 9.55. The minimum absolute atomic E-state index is 0.179. The van der Waals surface area contributed by atoms with Crippen LogP contribution in [-0.2, 0) is 0 Å². The summed E-state index contributed by atoms with van der Waals surface area (Å²) in [5.41, 5.74) is 4.35. The zero-order chi connectivity index (χ0) is 24.1. The molecule has 0 radical (unpaired) electrons. The molecule has 0 aromatic heterocycles. The average molecular weight is 498 g/mol. The van der Waals surface area contributed by atoms with Crippen LogP contribution in [0.15, 0.2) is 48.5 Å². The SMILES string of the molecule is CN(C)c1ccc(-c2ccccc2P(C23CC4CC(CC(C4)C2)C3)C23CC4CC(CC(C4)C2)C3)cc1. The van der Waals surface area contributed by atoms with E-state index in [1.807, 2.05) is 5.30 Å². The van der Waals surface area contributed by atoms with Crippen molar-refractivity contribution in [2.75, 3.05) is 19.0 Å². The van der Waals surface area contributed by atoms with E-state index < -0.39 is 0 Å². The minimum Gasteiger partial charge on any atom is -0.378 e. The predicted octanol–water partition coefficient (Wildman–Crippen LogP) is 8.46. The molecule has 8 fully saturated rings. The van der Waals surface area contributed by atoms with Gasteiger partial charge in [0.25, 0.3) is 0 Å². The molecular weight excluding hydrogens is 453 g/mol. The summed E-state index contributed by atoms with van der Waals surface area (Å²) in [6.07, 6.45) is 18.8. The van der Waals surface area contributed by atoms with Gasteiger partial charge in [-0.25, -0.2) is 0 Å². The Morgan fingerprint density at radius 2 is 1.00 bits per heavy atom. The Hall–Kier alpha value is -1.33. The summed E-state index contributed by atoms with van der Waals surface area (Å²) >= 11 is 0. The zero-order valence-electron chi connectivity index (χ0n) is 22.5. The van der Waals surface area contributed by atoms with Gasteiger partial charge in [0.2, 0.25) is 0 Å². The van der Waals surface area contributed by atoms with Gasteiger partial charge in [0.1, 0.15) is 0 Å². The third-order valence-electron chi connectivity index (χ3n) is 11.8.